The lowest BCUT2D eigenvalue weighted by Crippen LogP contribution is -2.22. The summed E-state index contributed by atoms with van der Waals surface area (Å²) in [5.74, 6) is 0.879. The second-order valence-corrected chi connectivity index (χ2v) is 4.60. The normalized spacial score (nSPS) is 11.0. The van der Waals surface area contributed by atoms with Crippen molar-refractivity contribution in [3.8, 4) is 0 Å². The summed E-state index contributed by atoms with van der Waals surface area (Å²) in [6.07, 6.45) is 8.52. The molecule has 0 radical (unpaired) electrons. The number of rotatable bonds is 9. The van der Waals surface area contributed by atoms with Crippen LogP contribution in [0.15, 0.2) is 19.0 Å². The summed E-state index contributed by atoms with van der Waals surface area (Å²) in [5, 5.41) is 7.73. The van der Waals surface area contributed by atoms with Gasteiger partial charge in [-0.2, -0.15) is 5.10 Å². The molecule has 0 saturated heterocycles. The van der Waals surface area contributed by atoms with Gasteiger partial charge < -0.3 is 5.32 Å². The first-order chi connectivity index (χ1) is 8.22. The lowest BCUT2D eigenvalue weighted by molar-refractivity contribution is 0.529. The lowest BCUT2D eigenvalue weighted by Gasteiger charge is -2.04. The van der Waals surface area contributed by atoms with E-state index in [9.17, 15) is 0 Å². The third kappa shape index (κ3) is 6.22. The van der Waals surface area contributed by atoms with Crippen LogP contribution in [0.1, 0.15) is 45.4 Å². The third-order valence-corrected chi connectivity index (χ3v) is 2.55. The smallest absolute Gasteiger partial charge is 0.164 e. The summed E-state index contributed by atoms with van der Waals surface area (Å²) in [6, 6.07) is 0.473. The zero-order valence-corrected chi connectivity index (χ0v) is 11.0. The maximum Gasteiger partial charge on any atom is 0.164 e. The Balaban J connectivity index is 2.18. The summed E-state index contributed by atoms with van der Waals surface area (Å²) >= 11 is 0. The standard InChI is InChI=1S/C13H24N4/c1-4-5-6-7-8-9-17-11-15-13(16-17)10-14-12(2)3/h4,11-12,14H,1,5-10H2,2-3H3. The second-order valence-electron chi connectivity index (χ2n) is 4.60. The maximum atomic E-state index is 4.42. The van der Waals surface area contributed by atoms with Crippen molar-refractivity contribution < 1.29 is 0 Å². The van der Waals surface area contributed by atoms with E-state index in [0.29, 0.717) is 6.04 Å². The Morgan fingerprint density at radius 1 is 1.41 bits per heavy atom. The van der Waals surface area contributed by atoms with Crippen LogP contribution in [0.25, 0.3) is 0 Å². The number of hydrogen-bond donors (Lipinski definition) is 1. The molecule has 0 aliphatic rings. The molecule has 0 aliphatic heterocycles. The Morgan fingerprint density at radius 2 is 2.24 bits per heavy atom. The van der Waals surface area contributed by atoms with E-state index in [1.807, 2.05) is 17.1 Å². The fourth-order valence-corrected chi connectivity index (χ4v) is 1.56. The van der Waals surface area contributed by atoms with Crippen LogP contribution >= 0.6 is 0 Å². The van der Waals surface area contributed by atoms with E-state index in [2.05, 4.69) is 35.8 Å². The quantitative estimate of drug-likeness (QED) is 0.529. The molecule has 1 heterocycles. The van der Waals surface area contributed by atoms with Gasteiger partial charge in [0.15, 0.2) is 5.82 Å². The molecule has 0 unspecified atom stereocenters. The average molecular weight is 236 g/mol. The van der Waals surface area contributed by atoms with Gasteiger partial charge in [0.05, 0.1) is 6.54 Å². The molecule has 17 heavy (non-hydrogen) atoms. The van der Waals surface area contributed by atoms with E-state index in [-0.39, 0.29) is 0 Å². The first kappa shape index (κ1) is 13.9. The van der Waals surface area contributed by atoms with Crippen LogP contribution < -0.4 is 5.32 Å². The van der Waals surface area contributed by atoms with Crippen LogP contribution in [0.5, 0.6) is 0 Å². The van der Waals surface area contributed by atoms with Gasteiger partial charge in [-0.3, -0.25) is 4.68 Å². The zero-order valence-electron chi connectivity index (χ0n) is 11.0. The van der Waals surface area contributed by atoms with Gasteiger partial charge in [-0.15, -0.1) is 6.58 Å². The van der Waals surface area contributed by atoms with Gasteiger partial charge in [-0.25, -0.2) is 4.98 Å². The Bertz CT molecular complexity index is 317. The molecular formula is C13H24N4. The first-order valence-electron chi connectivity index (χ1n) is 6.45. The molecule has 0 aliphatic carbocycles. The molecule has 0 saturated carbocycles. The van der Waals surface area contributed by atoms with Gasteiger partial charge in [0.2, 0.25) is 0 Å². The van der Waals surface area contributed by atoms with E-state index in [1.165, 1.54) is 12.8 Å². The first-order valence-corrected chi connectivity index (χ1v) is 6.45. The summed E-state index contributed by atoms with van der Waals surface area (Å²) in [4.78, 5) is 4.28. The molecule has 1 N–H and O–H groups in total. The molecule has 0 spiro atoms. The number of nitrogens with one attached hydrogen (secondary N) is 1. The van der Waals surface area contributed by atoms with Crippen molar-refractivity contribution in [1.29, 1.82) is 0 Å². The Morgan fingerprint density at radius 3 is 2.94 bits per heavy atom. The topological polar surface area (TPSA) is 42.7 Å². The highest BCUT2D eigenvalue weighted by Gasteiger charge is 2.01. The van der Waals surface area contributed by atoms with Crippen LogP contribution in [0.3, 0.4) is 0 Å². The number of unbranched alkanes of at least 4 members (excludes halogenated alkanes) is 3. The minimum Gasteiger partial charge on any atom is -0.308 e. The molecular weight excluding hydrogens is 212 g/mol. The highest BCUT2D eigenvalue weighted by atomic mass is 15.3. The van der Waals surface area contributed by atoms with Gasteiger partial charge in [-0.05, 0) is 19.3 Å². The molecule has 0 fully saturated rings. The lowest BCUT2D eigenvalue weighted by atomic mass is 10.2. The summed E-state index contributed by atoms with van der Waals surface area (Å²) < 4.78 is 1.94. The van der Waals surface area contributed by atoms with Crippen molar-refractivity contribution in [2.75, 3.05) is 0 Å². The predicted molar refractivity (Wildman–Crippen MR) is 70.7 cm³/mol. The van der Waals surface area contributed by atoms with Crippen LogP contribution in [0.2, 0.25) is 0 Å². The summed E-state index contributed by atoms with van der Waals surface area (Å²) in [5.41, 5.74) is 0. The molecule has 1 aromatic rings. The van der Waals surface area contributed by atoms with E-state index in [1.54, 1.807) is 0 Å². The Kier molecular flexibility index (Phi) is 6.55. The fourth-order valence-electron chi connectivity index (χ4n) is 1.56. The summed E-state index contributed by atoms with van der Waals surface area (Å²) in [7, 11) is 0. The summed E-state index contributed by atoms with van der Waals surface area (Å²) in [6.45, 7) is 9.68. The molecule has 4 heteroatoms. The molecule has 1 rings (SSSR count). The maximum absolute atomic E-state index is 4.42. The Labute approximate surface area is 104 Å². The van der Waals surface area contributed by atoms with Crippen molar-refractivity contribution >= 4 is 0 Å². The monoisotopic (exact) mass is 236 g/mol. The van der Waals surface area contributed by atoms with Crippen LogP contribution in [-0.2, 0) is 13.1 Å². The van der Waals surface area contributed by atoms with Crippen molar-refractivity contribution in [3.05, 3.63) is 24.8 Å². The molecule has 0 aromatic carbocycles. The highest BCUT2D eigenvalue weighted by molar-refractivity contribution is 4.81. The highest BCUT2D eigenvalue weighted by Crippen LogP contribution is 2.02. The molecule has 0 bridgehead atoms. The molecule has 1 aromatic heterocycles. The number of nitrogens with zero attached hydrogens (tertiary/aromatic N) is 3. The molecule has 4 nitrogen and oxygen atoms in total. The van der Waals surface area contributed by atoms with Gasteiger partial charge in [0.1, 0.15) is 6.33 Å². The minimum atomic E-state index is 0.473. The van der Waals surface area contributed by atoms with Crippen molar-refractivity contribution in [3.63, 3.8) is 0 Å². The molecule has 0 atom stereocenters. The third-order valence-electron chi connectivity index (χ3n) is 2.55. The fraction of sp³-hybridized carbons (Fsp3) is 0.692. The van der Waals surface area contributed by atoms with Crippen LogP contribution in [0.4, 0.5) is 0 Å². The van der Waals surface area contributed by atoms with Crippen molar-refractivity contribution in [2.24, 2.45) is 0 Å². The Hall–Kier alpha value is -1.16. The van der Waals surface area contributed by atoms with E-state index in [4.69, 9.17) is 0 Å². The minimum absolute atomic E-state index is 0.473. The van der Waals surface area contributed by atoms with Gasteiger partial charge in [0, 0.05) is 12.6 Å². The SMILES string of the molecule is C=CCCCCCn1cnc(CNC(C)C)n1. The zero-order chi connectivity index (χ0) is 12.5. The number of aryl methyl sites for hydroxylation is 1. The van der Waals surface area contributed by atoms with Crippen molar-refractivity contribution in [1.82, 2.24) is 20.1 Å². The largest absolute Gasteiger partial charge is 0.308 e. The number of hydrogen-bond acceptors (Lipinski definition) is 3. The van der Waals surface area contributed by atoms with E-state index >= 15 is 0 Å². The van der Waals surface area contributed by atoms with Crippen LogP contribution in [0, 0.1) is 0 Å². The number of aromatic nitrogens is 3. The number of allylic oxidation sites excluding steroid dienone is 1. The van der Waals surface area contributed by atoms with Gasteiger partial charge in [0.25, 0.3) is 0 Å². The van der Waals surface area contributed by atoms with E-state index in [0.717, 1.165) is 31.8 Å². The van der Waals surface area contributed by atoms with Crippen molar-refractivity contribution in [2.45, 2.75) is 58.7 Å². The average Bonchev–Trinajstić information content (AvgIpc) is 2.74. The molecule has 96 valence electrons. The van der Waals surface area contributed by atoms with Gasteiger partial charge in [-0.1, -0.05) is 26.3 Å². The van der Waals surface area contributed by atoms with Gasteiger partial charge >= 0.3 is 0 Å². The molecule has 0 amide bonds. The van der Waals surface area contributed by atoms with E-state index < -0.39 is 0 Å². The predicted octanol–water partition coefficient (Wildman–Crippen LogP) is 2.52. The van der Waals surface area contributed by atoms with Crippen LogP contribution in [-0.4, -0.2) is 20.8 Å². The second kappa shape index (κ2) is 8.01.